The SMILES string of the molecule is NC(=O)c1ccc2cc3n(c2c1)C=CN=Cc1ccccc1-3. The lowest BCUT2D eigenvalue weighted by Crippen LogP contribution is -2.10. The Morgan fingerprint density at radius 1 is 1.09 bits per heavy atom. The van der Waals surface area contributed by atoms with Gasteiger partial charge in [-0.2, -0.15) is 0 Å². The van der Waals surface area contributed by atoms with Crippen LogP contribution in [0.15, 0.2) is 59.7 Å². The van der Waals surface area contributed by atoms with Crippen LogP contribution in [-0.2, 0) is 0 Å². The molecule has 1 amide bonds. The summed E-state index contributed by atoms with van der Waals surface area (Å²) in [5.41, 5.74) is 10.1. The lowest BCUT2D eigenvalue weighted by molar-refractivity contribution is 0.100. The summed E-state index contributed by atoms with van der Waals surface area (Å²) in [5.74, 6) is -0.425. The average Bonchev–Trinajstić information content (AvgIpc) is 2.86. The van der Waals surface area contributed by atoms with Gasteiger partial charge in [0.15, 0.2) is 0 Å². The first kappa shape index (κ1) is 12.6. The number of aliphatic imine (C=N–C) groups is 1. The van der Waals surface area contributed by atoms with Crippen LogP contribution in [0.4, 0.5) is 0 Å². The topological polar surface area (TPSA) is 60.4 Å². The predicted octanol–water partition coefficient (Wildman–Crippen LogP) is 3.27. The Kier molecular flexibility index (Phi) is 2.69. The highest BCUT2D eigenvalue weighted by atomic mass is 16.1. The normalized spacial score (nSPS) is 12.5. The molecule has 4 heteroatoms. The summed E-state index contributed by atoms with van der Waals surface area (Å²) in [6, 6.07) is 15.7. The van der Waals surface area contributed by atoms with Crippen molar-refractivity contribution in [3.8, 4) is 11.3 Å². The molecule has 0 saturated heterocycles. The highest BCUT2D eigenvalue weighted by Crippen LogP contribution is 2.31. The van der Waals surface area contributed by atoms with Gasteiger partial charge in [-0.1, -0.05) is 30.3 Å². The number of benzene rings is 2. The Bertz CT molecular complexity index is 964. The molecule has 0 aliphatic carbocycles. The average molecular weight is 287 g/mol. The first-order valence-electron chi connectivity index (χ1n) is 6.98. The smallest absolute Gasteiger partial charge is 0.248 e. The molecule has 2 N–H and O–H groups in total. The van der Waals surface area contributed by atoms with Gasteiger partial charge >= 0.3 is 0 Å². The number of primary amides is 1. The Balaban J connectivity index is 2.07. The van der Waals surface area contributed by atoms with Crippen molar-refractivity contribution in [1.29, 1.82) is 0 Å². The number of aromatic nitrogens is 1. The molecule has 1 aliphatic heterocycles. The molecule has 0 fully saturated rings. The Hall–Kier alpha value is -3.14. The molecule has 2 aromatic carbocycles. The molecule has 0 radical (unpaired) electrons. The minimum atomic E-state index is -0.425. The number of rotatable bonds is 1. The minimum Gasteiger partial charge on any atom is -0.366 e. The van der Waals surface area contributed by atoms with Crippen molar-refractivity contribution < 1.29 is 4.79 Å². The number of amides is 1. The van der Waals surface area contributed by atoms with Crippen LogP contribution < -0.4 is 5.73 Å². The van der Waals surface area contributed by atoms with Gasteiger partial charge in [-0.05, 0) is 18.2 Å². The molecule has 106 valence electrons. The zero-order chi connectivity index (χ0) is 15.1. The lowest BCUT2D eigenvalue weighted by Gasteiger charge is -2.10. The van der Waals surface area contributed by atoms with Gasteiger partial charge in [-0.25, -0.2) is 0 Å². The van der Waals surface area contributed by atoms with Gasteiger partial charge < -0.3 is 10.3 Å². The molecule has 3 aromatic rings. The molecule has 0 spiro atoms. The van der Waals surface area contributed by atoms with Gasteiger partial charge in [0, 0.05) is 40.7 Å². The van der Waals surface area contributed by atoms with E-state index in [9.17, 15) is 4.79 Å². The van der Waals surface area contributed by atoms with Gasteiger partial charge in [-0.15, -0.1) is 0 Å². The standard InChI is InChI=1S/C18H13N3O/c19-18(22)13-6-5-12-9-17-15-4-2-1-3-14(15)11-20-7-8-21(17)16(12)10-13/h1-11H,(H2,19,22). The Labute approximate surface area is 127 Å². The highest BCUT2D eigenvalue weighted by Gasteiger charge is 2.14. The van der Waals surface area contributed by atoms with E-state index in [2.05, 4.69) is 17.1 Å². The van der Waals surface area contributed by atoms with E-state index >= 15 is 0 Å². The molecule has 0 bridgehead atoms. The van der Waals surface area contributed by atoms with Crippen LogP contribution in [0.25, 0.3) is 28.4 Å². The van der Waals surface area contributed by atoms with Crippen molar-refractivity contribution in [2.45, 2.75) is 0 Å². The van der Waals surface area contributed by atoms with Crippen molar-refractivity contribution in [2.24, 2.45) is 10.7 Å². The first-order chi connectivity index (χ1) is 10.7. The molecule has 0 saturated carbocycles. The lowest BCUT2D eigenvalue weighted by atomic mass is 10.0. The molecule has 22 heavy (non-hydrogen) atoms. The third-order valence-corrected chi connectivity index (χ3v) is 3.88. The summed E-state index contributed by atoms with van der Waals surface area (Å²) in [5, 5.41) is 1.06. The summed E-state index contributed by atoms with van der Waals surface area (Å²) < 4.78 is 2.04. The predicted molar refractivity (Wildman–Crippen MR) is 88.8 cm³/mol. The second-order valence-electron chi connectivity index (χ2n) is 5.20. The number of nitrogens with two attached hydrogens (primary N) is 1. The number of fused-ring (bicyclic) bond motifs is 5. The maximum atomic E-state index is 11.4. The zero-order valence-electron chi connectivity index (χ0n) is 11.7. The largest absolute Gasteiger partial charge is 0.366 e. The van der Waals surface area contributed by atoms with E-state index < -0.39 is 5.91 Å². The van der Waals surface area contributed by atoms with E-state index in [4.69, 9.17) is 5.73 Å². The van der Waals surface area contributed by atoms with E-state index in [0.29, 0.717) is 5.56 Å². The summed E-state index contributed by atoms with van der Waals surface area (Å²) >= 11 is 0. The van der Waals surface area contributed by atoms with Gasteiger partial charge in [-0.3, -0.25) is 9.79 Å². The summed E-state index contributed by atoms with van der Waals surface area (Å²) in [4.78, 5) is 15.7. The van der Waals surface area contributed by atoms with E-state index in [-0.39, 0.29) is 0 Å². The fourth-order valence-electron chi connectivity index (χ4n) is 2.81. The van der Waals surface area contributed by atoms with Gasteiger partial charge in [0.2, 0.25) is 5.91 Å². The third kappa shape index (κ3) is 1.85. The van der Waals surface area contributed by atoms with Crippen LogP contribution in [0, 0.1) is 0 Å². The first-order valence-corrected chi connectivity index (χ1v) is 6.98. The van der Waals surface area contributed by atoms with Crippen LogP contribution in [0.5, 0.6) is 0 Å². The second kappa shape index (κ2) is 4.70. The molecule has 1 aromatic heterocycles. The maximum absolute atomic E-state index is 11.4. The molecule has 1 aliphatic rings. The van der Waals surface area contributed by atoms with Crippen molar-refractivity contribution in [3.05, 3.63) is 65.9 Å². The molecule has 2 heterocycles. The van der Waals surface area contributed by atoms with Crippen LogP contribution >= 0.6 is 0 Å². The molecular weight excluding hydrogens is 274 g/mol. The van der Waals surface area contributed by atoms with Crippen molar-refractivity contribution in [3.63, 3.8) is 0 Å². The number of carbonyl (C=O) groups is 1. The summed E-state index contributed by atoms with van der Waals surface area (Å²) in [6.07, 6.45) is 5.49. The second-order valence-corrected chi connectivity index (χ2v) is 5.20. The van der Waals surface area contributed by atoms with Gasteiger partial charge in [0.25, 0.3) is 0 Å². The number of carbonyl (C=O) groups excluding carboxylic acids is 1. The van der Waals surface area contributed by atoms with Crippen LogP contribution in [-0.4, -0.2) is 16.7 Å². The van der Waals surface area contributed by atoms with Crippen molar-refractivity contribution in [2.75, 3.05) is 0 Å². The van der Waals surface area contributed by atoms with Crippen LogP contribution in [0.3, 0.4) is 0 Å². The van der Waals surface area contributed by atoms with Crippen molar-refractivity contribution >= 4 is 29.2 Å². The zero-order valence-corrected chi connectivity index (χ0v) is 11.7. The van der Waals surface area contributed by atoms with Crippen LogP contribution in [0.1, 0.15) is 15.9 Å². The molecule has 4 rings (SSSR count). The fourth-order valence-corrected chi connectivity index (χ4v) is 2.81. The molecular formula is C18H13N3O. The van der Waals surface area contributed by atoms with E-state index in [0.717, 1.165) is 27.7 Å². The number of hydrogen-bond acceptors (Lipinski definition) is 2. The Morgan fingerprint density at radius 2 is 1.95 bits per heavy atom. The quantitative estimate of drug-likeness (QED) is 0.733. The highest BCUT2D eigenvalue weighted by molar-refractivity contribution is 6.00. The number of hydrogen-bond donors (Lipinski definition) is 1. The Morgan fingerprint density at radius 3 is 2.82 bits per heavy atom. The van der Waals surface area contributed by atoms with Crippen molar-refractivity contribution in [1.82, 2.24) is 4.57 Å². The van der Waals surface area contributed by atoms with Crippen LogP contribution in [0.2, 0.25) is 0 Å². The van der Waals surface area contributed by atoms with Gasteiger partial charge in [0.05, 0.1) is 11.2 Å². The summed E-state index contributed by atoms with van der Waals surface area (Å²) in [7, 11) is 0. The summed E-state index contributed by atoms with van der Waals surface area (Å²) in [6.45, 7) is 0. The minimum absolute atomic E-state index is 0.425. The third-order valence-electron chi connectivity index (χ3n) is 3.88. The van der Waals surface area contributed by atoms with Gasteiger partial charge in [0.1, 0.15) is 0 Å². The van der Waals surface area contributed by atoms with E-state index in [1.165, 1.54) is 0 Å². The molecule has 4 nitrogen and oxygen atoms in total. The maximum Gasteiger partial charge on any atom is 0.248 e. The fraction of sp³-hybridized carbons (Fsp3) is 0. The molecule has 0 unspecified atom stereocenters. The van der Waals surface area contributed by atoms with E-state index in [1.807, 2.05) is 47.3 Å². The van der Waals surface area contributed by atoms with E-state index in [1.54, 1.807) is 12.3 Å². The number of nitrogens with zero attached hydrogens (tertiary/aromatic N) is 2. The monoisotopic (exact) mass is 287 g/mol. The molecule has 0 atom stereocenters.